The standard InChI is InChI=1S/C14H10N2O3/c1-8-12(14(17)18)13(16-19-8)10-4-2-6-11-9(10)5-3-7-15-11/h2-7H,1H3,(H,17,18). The van der Waals surface area contributed by atoms with Crippen LogP contribution in [0.4, 0.5) is 0 Å². The minimum Gasteiger partial charge on any atom is -0.477 e. The third-order valence-corrected chi connectivity index (χ3v) is 2.98. The first-order valence-corrected chi connectivity index (χ1v) is 5.72. The number of nitrogens with zero attached hydrogens (tertiary/aromatic N) is 2. The molecule has 2 aromatic heterocycles. The fraction of sp³-hybridized carbons (Fsp3) is 0.0714. The minimum absolute atomic E-state index is 0.0938. The van der Waals surface area contributed by atoms with Crippen LogP contribution < -0.4 is 0 Å². The van der Waals surface area contributed by atoms with Crippen molar-refractivity contribution in [1.29, 1.82) is 0 Å². The van der Waals surface area contributed by atoms with Crippen LogP contribution in [0.15, 0.2) is 41.1 Å². The summed E-state index contributed by atoms with van der Waals surface area (Å²) in [7, 11) is 0. The zero-order valence-corrected chi connectivity index (χ0v) is 10.1. The Kier molecular flexibility index (Phi) is 2.52. The molecule has 5 nitrogen and oxygen atoms in total. The molecule has 2 heterocycles. The van der Waals surface area contributed by atoms with Crippen molar-refractivity contribution in [2.24, 2.45) is 0 Å². The van der Waals surface area contributed by atoms with Gasteiger partial charge in [-0.2, -0.15) is 0 Å². The first-order chi connectivity index (χ1) is 9.18. The van der Waals surface area contributed by atoms with E-state index >= 15 is 0 Å². The lowest BCUT2D eigenvalue weighted by atomic mass is 10.0. The van der Waals surface area contributed by atoms with Crippen molar-refractivity contribution >= 4 is 16.9 Å². The van der Waals surface area contributed by atoms with Crippen LogP contribution in [0.3, 0.4) is 0 Å². The smallest absolute Gasteiger partial charge is 0.341 e. The zero-order valence-electron chi connectivity index (χ0n) is 10.1. The number of hydrogen-bond acceptors (Lipinski definition) is 4. The van der Waals surface area contributed by atoms with Crippen LogP contribution in [0.5, 0.6) is 0 Å². The Balaban J connectivity index is 2.34. The maximum Gasteiger partial charge on any atom is 0.341 e. The van der Waals surface area contributed by atoms with Gasteiger partial charge < -0.3 is 9.63 Å². The molecule has 1 N–H and O–H groups in total. The van der Waals surface area contributed by atoms with Gasteiger partial charge >= 0.3 is 5.97 Å². The number of fused-ring (bicyclic) bond motifs is 1. The number of carbonyl (C=O) groups is 1. The highest BCUT2D eigenvalue weighted by Crippen LogP contribution is 2.30. The average molecular weight is 254 g/mol. The molecule has 0 fully saturated rings. The molecule has 0 aliphatic rings. The van der Waals surface area contributed by atoms with Crippen molar-refractivity contribution in [2.45, 2.75) is 6.92 Å². The molecule has 0 aliphatic carbocycles. The van der Waals surface area contributed by atoms with E-state index in [1.165, 1.54) is 0 Å². The predicted octanol–water partition coefficient (Wildman–Crippen LogP) is 2.90. The number of hydrogen-bond donors (Lipinski definition) is 1. The van der Waals surface area contributed by atoms with Crippen molar-refractivity contribution in [3.8, 4) is 11.3 Å². The van der Waals surface area contributed by atoms with Crippen molar-refractivity contribution in [3.63, 3.8) is 0 Å². The normalized spacial score (nSPS) is 10.8. The molecule has 0 aliphatic heterocycles. The van der Waals surface area contributed by atoms with Crippen LogP contribution in [0.1, 0.15) is 16.1 Å². The fourth-order valence-corrected chi connectivity index (χ4v) is 2.12. The summed E-state index contributed by atoms with van der Waals surface area (Å²) in [5, 5.41) is 14.0. The molecule has 0 saturated heterocycles. The van der Waals surface area contributed by atoms with Gasteiger partial charge in [0.2, 0.25) is 0 Å². The van der Waals surface area contributed by atoms with Gasteiger partial charge in [0, 0.05) is 17.1 Å². The molecule has 0 unspecified atom stereocenters. The topological polar surface area (TPSA) is 76.2 Å². The van der Waals surface area contributed by atoms with Gasteiger partial charge in [-0.05, 0) is 19.1 Å². The molecule has 5 heteroatoms. The summed E-state index contributed by atoms with van der Waals surface area (Å²) in [6, 6.07) is 9.19. The number of carboxylic acids is 1. The second-order valence-electron chi connectivity index (χ2n) is 4.14. The van der Waals surface area contributed by atoms with E-state index in [2.05, 4.69) is 10.1 Å². The van der Waals surface area contributed by atoms with Crippen LogP contribution in [0, 0.1) is 6.92 Å². The maximum absolute atomic E-state index is 11.3. The van der Waals surface area contributed by atoms with E-state index in [-0.39, 0.29) is 5.56 Å². The summed E-state index contributed by atoms with van der Waals surface area (Å²) < 4.78 is 5.01. The van der Waals surface area contributed by atoms with E-state index in [4.69, 9.17) is 4.52 Å². The highest BCUT2D eigenvalue weighted by atomic mass is 16.5. The third-order valence-electron chi connectivity index (χ3n) is 2.98. The molecule has 0 radical (unpaired) electrons. The van der Waals surface area contributed by atoms with Crippen molar-refractivity contribution in [2.75, 3.05) is 0 Å². The quantitative estimate of drug-likeness (QED) is 0.760. The minimum atomic E-state index is -1.05. The van der Waals surface area contributed by atoms with Gasteiger partial charge in [0.25, 0.3) is 0 Å². The second kappa shape index (κ2) is 4.20. The number of carboxylic acid groups (broad SMARTS) is 1. The van der Waals surface area contributed by atoms with E-state index in [9.17, 15) is 9.90 Å². The van der Waals surface area contributed by atoms with Gasteiger partial charge in [0.1, 0.15) is 17.0 Å². The SMILES string of the molecule is Cc1onc(-c2cccc3ncccc23)c1C(=O)O. The number of benzene rings is 1. The number of aryl methyl sites for hydroxylation is 1. The van der Waals surface area contributed by atoms with Crippen LogP contribution in [-0.4, -0.2) is 21.2 Å². The molecular weight excluding hydrogens is 244 g/mol. The average Bonchev–Trinajstić information content (AvgIpc) is 2.80. The van der Waals surface area contributed by atoms with E-state index in [1.807, 2.05) is 24.3 Å². The lowest BCUT2D eigenvalue weighted by Crippen LogP contribution is -1.99. The fourth-order valence-electron chi connectivity index (χ4n) is 2.12. The van der Waals surface area contributed by atoms with Gasteiger partial charge in [0.15, 0.2) is 0 Å². The Morgan fingerprint density at radius 2 is 2.11 bits per heavy atom. The Morgan fingerprint density at radius 3 is 2.89 bits per heavy atom. The van der Waals surface area contributed by atoms with Gasteiger partial charge in [-0.1, -0.05) is 23.4 Å². The van der Waals surface area contributed by atoms with Crippen LogP contribution in [-0.2, 0) is 0 Å². The van der Waals surface area contributed by atoms with E-state index in [0.717, 1.165) is 10.9 Å². The molecule has 0 amide bonds. The van der Waals surface area contributed by atoms with Gasteiger partial charge in [-0.15, -0.1) is 0 Å². The van der Waals surface area contributed by atoms with E-state index in [0.29, 0.717) is 17.0 Å². The Hall–Kier alpha value is -2.69. The molecule has 0 saturated carbocycles. The predicted molar refractivity (Wildman–Crippen MR) is 68.9 cm³/mol. The molecule has 19 heavy (non-hydrogen) atoms. The summed E-state index contributed by atoms with van der Waals surface area (Å²) in [4.78, 5) is 15.5. The zero-order chi connectivity index (χ0) is 13.4. The second-order valence-corrected chi connectivity index (χ2v) is 4.14. The lowest BCUT2D eigenvalue weighted by molar-refractivity contribution is 0.0696. The first kappa shape index (κ1) is 11.4. The van der Waals surface area contributed by atoms with Crippen LogP contribution in [0.2, 0.25) is 0 Å². The third kappa shape index (κ3) is 1.76. The van der Waals surface area contributed by atoms with Gasteiger partial charge in [-0.3, -0.25) is 4.98 Å². The summed E-state index contributed by atoms with van der Waals surface area (Å²) in [5.41, 5.74) is 1.93. The summed E-state index contributed by atoms with van der Waals surface area (Å²) in [6.07, 6.45) is 1.69. The number of aromatic nitrogens is 2. The number of pyridine rings is 1. The number of aromatic carboxylic acids is 1. The first-order valence-electron chi connectivity index (χ1n) is 5.72. The summed E-state index contributed by atoms with van der Waals surface area (Å²) in [6.45, 7) is 1.59. The molecule has 3 aromatic rings. The molecular formula is C14H10N2O3. The largest absolute Gasteiger partial charge is 0.477 e. The lowest BCUT2D eigenvalue weighted by Gasteiger charge is -2.03. The molecule has 3 rings (SSSR count). The highest BCUT2D eigenvalue weighted by Gasteiger charge is 2.22. The van der Waals surface area contributed by atoms with Crippen LogP contribution in [0.25, 0.3) is 22.2 Å². The molecule has 0 spiro atoms. The van der Waals surface area contributed by atoms with Crippen molar-refractivity contribution in [1.82, 2.24) is 10.1 Å². The highest BCUT2D eigenvalue weighted by molar-refractivity contribution is 6.01. The van der Waals surface area contributed by atoms with Crippen molar-refractivity contribution < 1.29 is 14.4 Å². The Bertz CT molecular complexity index is 772. The summed E-state index contributed by atoms with van der Waals surface area (Å²) in [5.74, 6) is -0.752. The maximum atomic E-state index is 11.3. The van der Waals surface area contributed by atoms with Crippen LogP contribution >= 0.6 is 0 Å². The van der Waals surface area contributed by atoms with E-state index < -0.39 is 5.97 Å². The van der Waals surface area contributed by atoms with Crippen molar-refractivity contribution in [3.05, 3.63) is 47.9 Å². The molecule has 0 bridgehead atoms. The molecule has 1 aromatic carbocycles. The van der Waals surface area contributed by atoms with E-state index in [1.54, 1.807) is 19.2 Å². The monoisotopic (exact) mass is 254 g/mol. The Labute approximate surface area is 108 Å². The summed E-state index contributed by atoms with van der Waals surface area (Å²) >= 11 is 0. The Morgan fingerprint density at radius 1 is 1.26 bits per heavy atom. The number of rotatable bonds is 2. The van der Waals surface area contributed by atoms with Gasteiger partial charge in [0.05, 0.1) is 5.52 Å². The van der Waals surface area contributed by atoms with Gasteiger partial charge in [-0.25, -0.2) is 4.79 Å². The molecule has 0 atom stereocenters. The molecule has 94 valence electrons.